The largest absolute Gasteiger partial charge is 0.494 e. The van der Waals surface area contributed by atoms with Crippen LogP contribution in [-0.2, 0) is 0 Å². The van der Waals surface area contributed by atoms with Gasteiger partial charge in [0.1, 0.15) is 0 Å². The number of ether oxygens (including phenoxy) is 1. The fourth-order valence-corrected chi connectivity index (χ4v) is 1.11. The summed E-state index contributed by atoms with van der Waals surface area (Å²) in [4.78, 5) is 0. The molecule has 0 radical (unpaired) electrons. The minimum atomic E-state index is -0.460. The highest BCUT2D eigenvalue weighted by Crippen LogP contribution is 2.25. The quantitative estimate of drug-likeness (QED) is 0.705. The lowest BCUT2D eigenvalue weighted by molar-refractivity contribution is 0.386. The number of methoxy groups -OCH3 is 1. The van der Waals surface area contributed by atoms with Gasteiger partial charge in [0.2, 0.25) is 0 Å². The molecule has 0 heterocycles. The molecule has 0 aliphatic rings. The van der Waals surface area contributed by atoms with E-state index in [4.69, 9.17) is 21.6 Å². The molecule has 0 amide bonds. The molecule has 0 unspecified atom stereocenters. The van der Waals surface area contributed by atoms with Gasteiger partial charge in [-0.2, -0.15) is 5.26 Å². The first-order valence-corrected chi connectivity index (χ1v) is 4.16. The lowest BCUT2D eigenvalue weighted by Crippen LogP contribution is -1.89. The zero-order valence-corrected chi connectivity index (χ0v) is 8.18. The van der Waals surface area contributed by atoms with E-state index in [1.807, 2.05) is 0 Å². The third-order valence-electron chi connectivity index (χ3n) is 1.62. The second-order valence-electron chi connectivity index (χ2n) is 2.47. The smallest absolute Gasteiger partial charge is 0.165 e. The van der Waals surface area contributed by atoms with Gasteiger partial charge < -0.3 is 4.74 Å². The summed E-state index contributed by atoms with van der Waals surface area (Å²) in [6, 6.07) is 5.94. The Bertz CT molecular complexity index is 409. The minimum Gasteiger partial charge on any atom is -0.494 e. The summed E-state index contributed by atoms with van der Waals surface area (Å²) in [5.74, 6) is -0.357. The Morgan fingerprint density at radius 3 is 2.93 bits per heavy atom. The van der Waals surface area contributed by atoms with E-state index in [1.54, 1.807) is 6.07 Å². The molecule has 0 saturated carbocycles. The van der Waals surface area contributed by atoms with Gasteiger partial charge in [0, 0.05) is 6.08 Å². The highest BCUT2D eigenvalue weighted by molar-refractivity contribution is 6.49. The number of benzene rings is 1. The summed E-state index contributed by atoms with van der Waals surface area (Å²) in [5.41, 5.74) is 0.548. The van der Waals surface area contributed by atoms with E-state index < -0.39 is 5.82 Å². The molecule has 0 spiro atoms. The monoisotopic (exact) mass is 211 g/mol. The van der Waals surface area contributed by atoms with Crippen LogP contribution in [0.15, 0.2) is 24.3 Å². The molecule has 0 N–H and O–H groups in total. The average Bonchev–Trinajstić information content (AvgIpc) is 2.19. The van der Waals surface area contributed by atoms with Crippen LogP contribution in [0, 0.1) is 17.1 Å². The van der Waals surface area contributed by atoms with Crippen molar-refractivity contribution in [1.29, 1.82) is 5.26 Å². The number of nitrogens with zero attached hydrogens (tertiary/aromatic N) is 1. The summed E-state index contributed by atoms with van der Waals surface area (Å²) in [6.07, 6.45) is 1.17. The van der Waals surface area contributed by atoms with Crippen LogP contribution >= 0.6 is 11.6 Å². The molecule has 0 atom stereocenters. The Hall–Kier alpha value is -1.53. The normalized spacial score (nSPS) is 10.9. The molecule has 0 aliphatic carbocycles. The number of halogens is 2. The van der Waals surface area contributed by atoms with Gasteiger partial charge in [0.25, 0.3) is 0 Å². The Kier molecular flexibility index (Phi) is 3.49. The number of hydrogen-bond acceptors (Lipinski definition) is 2. The van der Waals surface area contributed by atoms with Crippen LogP contribution in [0.4, 0.5) is 4.39 Å². The van der Waals surface area contributed by atoms with E-state index in [2.05, 4.69) is 0 Å². The molecule has 0 bridgehead atoms. The molecule has 4 heteroatoms. The minimum absolute atomic E-state index is 0.104. The fourth-order valence-electron chi connectivity index (χ4n) is 0.948. The summed E-state index contributed by atoms with van der Waals surface area (Å²) >= 11 is 5.75. The molecular formula is C10H7ClFNO. The first-order chi connectivity index (χ1) is 6.69. The van der Waals surface area contributed by atoms with Crippen molar-refractivity contribution in [2.45, 2.75) is 0 Å². The molecule has 0 aliphatic heterocycles. The van der Waals surface area contributed by atoms with Crippen molar-refractivity contribution in [1.82, 2.24) is 0 Å². The number of allylic oxidation sites excluding steroid dienone is 1. The first kappa shape index (κ1) is 10.6. The maximum atomic E-state index is 13.0. The van der Waals surface area contributed by atoms with E-state index in [0.717, 1.165) is 0 Å². The van der Waals surface area contributed by atoms with Crippen LogP contribution in [0.2, 0.25) is 0 Å². The van der Waals surface area contributed by atoms with Crippen LogP contribution in [0.5, 0.6) is 5.75 Å². The van der Waals surface area contributed by atoms with Crippen molar-refractivity contribution in [3.8, 4) is 11.8 Å². The summed E-state index contributed by atoms with van der Waals surface area (Å²) in [7, 11) is 1.37. The number of nitriles is 1. The highest BCUT2D eigenvalue weighted by atomic mass is 35.5. The predicted octanol–water partition coefficient (Wildman–Crippen LogP) is 2.94. The van der Waals surface area contributed by atoms with Gasteiger partial charge >= 0.3 is 0 Å². The van der Waals surface area contributed by atoms with Gasteiger partial charge in [-0.1, -0.05) is 17.7 Å². The molecular weight excluding hydrogens is 205 g/mol. The predicted molar refractivity (Wildman–Crippen MR) is 52.4 cm³/mol. The van der Waals surface area contributed by atoms with E-state index in [0.29, 0.717) is 5.56 Å². The van der Waals surface area contributed by atoms with Crippen molar-refractivity contribution >= 4 is 16.6 Å². The van der Waals surface area contributed by atoms with Crippen LogP contribution in [-0.4, -0.2) is 7.11 Å². The zero-order valence-electron chi connectivity index (χ0n) is 7.42. The van der Waals surface area contributed by atoms with E-state index >= 15 is 0 Å². The van der Waals surface area contributed by atoms with Crippen molar-refractivity contribution < 1.29 is 9.13 Å². The van der Waals surface area contributed by atoms with Crippen LogP contribution in [0.1, 0.15) is 5.56 Å². The second kappa shape index (κ2) is 4.64. The van der Waals surface area contributed by atoms with Gasteiger partial charge in [-0.3, -0.25) is 0 Å². The van der Waals surface area contributed by atoms with Crippen LogP contribution < -0.4 is 4.74 Å². The van der Waals surface area contributed by atoms with Crippen molar-refractivity contribution in [2.24, 2.45) is 0 Å². The van der Waals surface area contributed by atoms with Crippen molar-refractivity contribution in [3.05, 3.63) is 35.7 Å². The molecule has 0 aromatic heterocycles. The maximum Gasteiger partial charge on any atom is 0.165 e. The van der Waals surface area contributed by atoms with Gasteiger partial charge in [-0.25, -0.2) is 4.39 Å². The molecule has 0 fully saturated rings. The van der Waals surface area contributed by atoms with E-state index in [1.165, 1.54) is 31.4 Å². The van der Waals surface area contributed by atoms with Crippen LogP contribution in [0.3, 0.4) is 0 Å². The summed E-state index contributed by atoms with van der Waals surface area (Å²) in [6.45, 7) is 0. The maximum absolute atomic E-state index is 13.0. The molecule has 1 rings (SSSR count). The topological polar surface area (TPSA) is 33.0 Å². The SMILES string of the molecule is COc1cc(/C(Cl)=C/C#N)ccc1F. The third-order valence-corrected chi connectivity index (χ3v) is 1.95. The number of hydrogen-bond donors (Lipinski definition) is 0. The lowest BCUT2D eigenvalue weighted by Gasteiger charge is -2.03. The third kappa shape index (κ3) is 2.24. The molecule has 14 heavy (non-hydrogen) atoms. The molecule has 1 aromatic carbocycles. The molecule has 1 aromatic rings. The van der Waals surface area contributed by atoms with E-state index in [9.17, 15) is 4.39 Å². The fraction of sp³-hybridized carbons (Fsp3) is 0.100. The van der Waals surface area contributed by atoms with Gasteiger partial charge in [-0.05, 0) is 17.7 Å². The first-order valence-electron chi connectivity index (χ1n) is 3.78. The van der Waals surface area contributed by atoms with E-state index in [-0.39, 0.29) is 10.8 Å². The van der Waals surface area contributed by atoms with Crippen molar-refractivity contribution in [3.63, 3.8) is 0 Å². The molecule has 2 nitrogen and oxygen atoms in total. The second-order valence-corrected chi connectivity index (χ2v) is 2.88. The molecule has 0 saturated heterocycles. The summed E-state index contributed by atoms with van der Waals surface area (Å²) in [5, 5.41) is 8.62. The number of rotatable bonds is 2. The highest BCUT2D eigenvalue weighted by Gasteiger charge is 2.05. The van der Waals surface area contributed by atoms with Gasteiger partial charge in [-0.15, -0.1) is 0 Å². The van der Waals surface area contributed by atoms with Crippen LogP contribution in [0.25, 0.3) is 5.03 Å². The average molecular weight is 212 g/mol. The Morgan fingerprint density at radius 2 is 2.36 bits per heavy atom. The summed E-state index contributed by atoms with van der Waals surface area (Å²) < 4.78 is 17.7. The standard InChI is InChI=1S/C10H7ClFNO/c1-14-10-6-7(2-3-9(10)12)8(11)4-5-13/h2-4,6H,1H3/b8-4-. The van der Waals surface area contributed by atoms with Crippen molar-refractivity contribution in [2.75, 3.05) is 7.11 Å². The lowest BCUT2D eigenvalue weighted by atomic mass is 10.2. The van der Waals surface area contributed by atoms with Gasteiger partial charge in [0.15, 0.2) is 11.6 Å². The Morgan fingerprint density at radius 1 is 1.64 bits per heavy atom. The molecule has 72 valence electrons. The Balaban J connectivity index is 3.14. The Labute approximate surface area is 86.2 Å². The zero-order chi connectivity index (χ0) is 10.6. The van der Waals surface area contributed by atoms with Gasteiger partial charge in [0.05, 0.1) is 18.2 Å².